The number of ether oxygens (including phenoxy) is 1. The summed E-state index contributed by atoms with van der Waals surface area (Å²) in [5.41, 5.74) is -0.297. The van der Waals surface area contributed by atoms with E-state index in [-0.39, 0.29) is 17.4 Å². The molecule has 3 nitrogen and oxygen atoms in total. The van der Waals surface area contributed by atoms with Crippen LogP contribution >= 0.6 is 0 Å². The van der Waals surface area contributed by atoms with Crippen molar-refractivity contribution in [2.75, 3.05) is 6.61 Å². The maximum atomic E-state index is 13.1. The number of benzene rings is 1. The van der Waals surface area contributed by atoms with Crippen LogP contribution in [0.2, 0.25) is 0 Å². The summed E-state index contributed by atoms with van der Waals surface area (Å²) in [6.45, 7) is 2.39. The molecule has 3 rings (SSSR count). The van der Waals surface area contributed by atoms with Crippen molar-refractivity contribution in [3.05, 3.63) is 35.8 Å². The van der Waals surface area contributed by atoms with Crippen LogP contribution in [0.3, 0.4) is 0 Å². The molecule has 0 aliphatic carbocycles. The Hall–Kier alpha value is -1.68. The van der Waals surface area contributed by atoms with Gasteiger partial charge in [-0.1, -0.05) is 0 Å². The molecule has 4 heteroatoms. The molecule has 1 unspecified atom stereocenters. The summed E-state index contributed by atoms with van der Waals surface area (Å²) in [5, 5.41) is 0.600. The van der Waals surface area contributed by atoms with Gasteiger partial charge in [0.1, 0.15) is 17.0 Å². The predicted molar refractivity (Wildman–Crippen MR) is 68.7 cm³/mol. The van der Waals surface area contributed by atoms with Crippen LogP contribution in [0.5, 0.6) is 0 Å². The molecule has 19 heavy (non-hydrogen) atoms. The van der Waals surface area contributed by atoms with Gasteiger partial charge in [0.05, 0.1) is 0 Å². The van der Waals surface area contributed by atoms with Crippen LogP contribution in [0.25, 0.3) is 11.0 Å². The van der Waals surface area contributed by atoms with E-state index in [9.17, 15) is 9.18 Å². The van der Waals surface area contributed by atoms with Gasteiger partial charge in [-0.2, -0.15) is 0 Å². The molecule has 0 saturated carbocycles. The fourth-order valence-corrected chi connectivity index (χ4v) is 2.50. The zero-order chi connectivity index (χ0) is 13.5. The number of rotatable bonds is 2. The van der Waals surface area contributed by atoms with Crippen molar-refractivity contribution in [1.29, 1.82) is 0 Å². The Morgan fingerprint density at radius 1 is 1.32 bits per heavy atom. The molecule has 1 saturated heterocycles. The van der Waals surface area contributed by atoms with Gasteiger partial charge >= 0.3 is 0 Å². The minimum atomic E-state index is -0.815. The molecule has 0 spiro atoms. The van der Waals surface area contributed by atoms with Crippen molar-refractivity contribution in [1.82, 2.24) is 0 Å². The first-order valence-corrected chi connectivity index (χ1v) is 6.46. The quantitative estimate of drug-likeness (QED) is 0.774. The third kappa shape index (κ3) is 2.16. The van der Waals surface area contributed by atoms with Crippen molar-refractivity contribution in [2.24, 2.45) is 0 Å². The molecule has 0 amide bonds. The zero-order valence-electron chi connectivity index (χ0n) is 10.7. The number of furan rings is 1. The Balaban J connectivity index is 1.97. The number of Topliss-reactive ketones (excluding diaryl/α,β-unsaturated/α-hetero) is 1. The molecule has 1 aromatic carbocycles. The molecule has 2 heterocycles. The van der Waals surface area contributed by atoms with Crippen LogP contribution in [0.15, 0.2) is 28.7 Å². The van der Waals surface area contributed by atoms with Gasteiger partial charge in [-0.05, 0) is 50.5 Å². The second-order valence-corrected chi connectivity index (χ2v) is 5.16. The number of carbonyl (C=O) groups is 1. The SMILES string of the molecule is CC1(C(=O)c2cc3cc(F)ccc3o2)CCCCO1. The number of hydrogen-bond acceptors (Lipinski definition) is 3. The fraction of sp³-hybridized carbons (Fsp3) is 0.400. The second-order valence-electron chi connectivity index (χ2n) is 5.16. The largest absolute Gasteiger partial charge is 0.453 e. The number of ketones is 1. The molecule has 2 aromatic rings. The monoisotopic (exact) mass is 262 g/mol. The summed E-state index contributed by atoms with van der Waals surface area (Å²) in [7, 11) is 0. The lowest BCUT2D eigenvalue weighted by Gasteiger charge is -2.31. The zero-order valence-corrected chi connectivity index (χ0v) is 10.7. The lowest BCUT2D eigenvalue weighted by atomic mass is 9.90. The minimum absolute atomic E-state index is 0.163. The van der Waals surface area contributed by atoms with E-state index in [0.717, 1.165) is 12.8 Å². The van der Waals surface area contributed by atoms with Gasteiger partial charge in [0, 0.05) is 12.0 Å². The van der Waals surface area contributed by atoms with E-state index in [1.807, 2.05) is 0 Å². The van der Waals surface area contributed by atoms with Gasteiger partial charge in [0.25, 0.3) is 0 Å². The van der Waals surface area contributed by atoms with Crippen LogP contribution in [0.4, 0.5) is 4.39 Å². The second kappa shape index (κ2) is 4.46. The summed E-state index contributed by atoms with van der Waals surface area (Å²) in [5.74, 6) is -0.263. The Labute approximate surface area is 110 Å². The first kappa shape index (κ1) is 12.4. The van der Waals surface area contributed by atoms with Crippen LogP contribution in [-0.2, 0) is 4.74 Å². The number of fused-ring (bicyclic) bond motifs is 1. The van der Waals surface area contributed by atoms with Gasteiger partial charge in [0.2, 0.25) is 5.78 Å². The fourth-order valence-electron chi connectivity index (χ4n) is 2.50. The molecular weight excluding hydrogens is 247 g/mol. The van der Waals surface area contributed by atoms with E-state index in [1.54, 1.807) is 13.0 Å². The van der Waals surface area contributed by atoms with Crippen LogP contribution in [0.1, 0.15) is 36.7 Å². The molecule has 0 N–H and O–H groups in total. The van der Waals surface area contributed by atoms with Gasteiger partial charge in [-0.15, -0.1) is 0 Å². The summed E-state index contributed by atoms with van der Waals surface area (Å²) in [6, 6.07) is 5.80. The Kier molecular flexibility index (Phi) is 2.90. The van der Waals surface area contributed by atoms with E-state index in [2.05, 4.69) is 0 Å². The maximum Gasteiger partial charge on any atom is 0.229 e. The van der Waals surface area contributed by atoms with E-state index < -0.39 is 5.60 Å². The Morgan fingerprint density at radius 2 is 2.16 bits per heavy atom. The van der Waals surface area contributed by atoms with Crippen LogP contribution < -0.4 is 0 Å². The molecule has 0 bridgehead atoms. The minimum Gasteiger partial charge on any atom is -0.453 e. The first-order chi connectivity index (χ1) is 9.08. The van der Waals surface area contributed by atoms with Crippen LogP contribution in [0, 0.1) is 5.82 Å². The number of halogens is 1. The van der Waals surface area contributed by atoms with Crippen molar-refractivity contribution in [2.45, 2.75) is 31.8 Å². The lowest BCUT2D eigenvalue weighted by Crippen LogP contribution is -2.41. The standard InChI is InChI=1S/C15H15FO3/c1-15(6-2-3-7-18-15)14(17)13-9-10-8-11(16)4-5-12(10)19-13/h4-5,8-9H,2-3,6-7H2,1H3. The normalized spacial score (nSPS) is 23.7. The Bertz CT molecular complexity index is 623. The van der Waals surface area contributed by atoms with Crippen molar-refractivity contribution < 1.29 is 18.3 Å². The molecule has 100 valence electrons. The van der Waals surface area contributed by atoms with Crippen molar-refractivity contribution >= 4 is 16.8 Å². The third-order valence-corrected chi connectivity index (χ3v) is 3.65. The number of carbonyl (C=O) groups excluding carboxylic acids is 1. The topological polar surface area (TPSA) is 39.4 Å². The van der Waals surface area contributed by atoms with Crippen molar-refractivity contribution in [3.8, 4) is 0 Å². The van der Waals surface area contributed by atoms with Crippen LogP contribution in [-0.4, -0.2) is 18.0 Å². The Morgan fingerprint density at radius 3 is 2.89 bits per heavy atom. The third-order valence-electron chi connectivity index (χ3n) is 3.65. The summed E-state index contributed by atoms with van der Waals surface area (Å²) in [6.07, 6.45) is 2.64. The van der Waals surface area contributed by atoms with Gasteiger partial charge in [-0.25, -0.2) is 4.39 Å². The molecular formula is C15H15FO3. The average Bonchev–Trinajstić information content (AvgIpc) is 2.81. The van der Waals surface area contributed by atoms with E-state index in [0.29, 0.717) is 24.0 Å². The van der Waals surface area contributed by atoms with Gasteiger partial charge < -0.3 is 9.15 Å². The predicted octanol–water partition coefficient (Wildman–Crippen LogP) is 3.71. The molecule has 0 radical (unpaired) electrons. The van der Waals surface area contributed by atoms with E-state index in [4.69, 9.17) is 9.15 Å². The maximum absolute atomic E-state index is 13.1. The van der Waals surface area contributed by atoms with Crippen molar-refractivity contribution in [3.63, 3.8) is 0 Å². The summed E-state index contributed by atoms with van der Waals surface area (Å²) in [4.78, 5) is 12.5. The number of hydrogen-bond donors (Lipinski definition) is 0. The smallest absolute Gasteiger partial charge is 0.229 e. The highest BCUT2D eigenvalue weighted by Crippen LogP contribution is 2.30. The molecule has 1 aromatic heterocycles. The molecule has 1 aliphatic heterocycles. The lowest BCUT2D eigenvalue weighted by molar-refractivity contribution is -0.0439. The molecule has 1 aliphatic rings. The highest BCUT2D eigenvalue weighted by molar-refractivity contribution is 6.02. The molecule has 1 atom stereocenters. The van der Waals surface area contributed by atoms with Gasteiger partial charge in [-0.3, -0.25) is 4.79 Å². The molecule has 1 fully saturated rings. The first-order valence-electron chi connectivity index (χ1n) is 6.46. The van der Waals surface area contributed by atoms with Gasteiger partial charge in [0.15, 0.2) is 5.76 Å². The van der Waals surface area contributed by atoms with E-state index >= 15 is 0 Å². The van der Waals surface area contributed by atoms with E-state index in [1.165, 1.54) is 18.2 Å². The average molecular weight is 262 g/mol. The summed E-state index contributed by atoms with van der Waals surface area (Å²) < 4.78 is 24.3. The highest BCUT2D eigenvalue weighted by atomic mass is 19.1. The highest BCUT2D eigenvalue weighted by Gasteiger charge is 2.38. The summed E-state index contributed by atoms with van der Waals surface area (Å²) >= 11 is 0.